The fraction of sp³-hybridized carbons (Fsp3) is 0.417. The summed E-state index contributed by atoms with van der Waals surface area (Å²) in [6.45, 7) is 4.51. The fourth-order valence-electron chi connectivity index (χ4n) is 1.23. The molecule has 0 atom stereocenters. The average Bonchev–Trinajstić information content (AvgIpc) is 2.34. The lowest BCUT2D eigenvalue weighted by molar-refractivity contribution is -0.120. The van der Waals surface area contributed by atoms with Gasteiger partial charge in [0.05, 0.1) is 12.1 Å². The van der Waals surface area contributed by atoms with Crippen LogP contribution in [-0.2, 0) is 4.79 Å². The number of hydrogen-bond acceptors (Lipinski definition) is 4. The number of carbonyl (C=O) groups excluding carboxylic acids is 2. The molecule has 0 spiro atoms. The molecule has 0 aliphatic heterocycles. The zero-order valence-corrected chi connectivity index (χ0v) is 10.6. The van der Waals surface area contributed by atoms with Crippen molar-refractivity contribution >= 4 is 17.5 Å². The van der Waals surface area contributed by atoms with Crippen molar-refractivity contribution in [2.45, 2.75) is 13.8 Å². The van der Waals surface area contributed by atoms with E-state index in [2.05, 4.69) is 15.6 Å². The third-order valence-electron chi connectivity index (χ3n) is 2.22. The van der Waals surface area contributed by atoms with Crippen LogP contribution in [-0.4, -0.2) is 29.9 Å². The van der Waals surface area contributed by atoms with Crippen molar-refractivity contribution in [1.29, 1.82) is 0 Å². The van der Waals surface area contributed by atoms with Gasteiger partial charge in [0.1, 0.15) is 0 Å². The van der Waals surface area contributed by atoms with E-state index >= 15 is 0 Å². The first-order valence-electron chi connectivity index (χ1n) is 5.75. The van der Waals surface area contributed by atoms with Gasteiger partial charge in [-0.15, -0.1) is 0 Å². The lowest BCUT2D eigenvalue weighted by Gasteiger charge is -2.09. The quantitative estimate of drug-likeness (QED) is 0.693. The number of aromatic nitrogens is 1. The van der Waals surface area contributed by atoms with Crippen LogP contribution in [0.3, 0.4) is 0 Å². The molecule has 0 unspecified atom stereocenters. The summed E-state index contributed by atoms with van der Waals surface area (Å²) in [4.78, 5) is 26.9. The third kappa shape index (κ3) is 4.40. The Morgan fingerprint density at radius 1 is 1.39 bits per heavy atom. The zero-order chi connectivity index (χ0) is 13.5. The van der Waals surface area contributed by atoms with Crippen LogP contribution in [0.5, 0.6) is 0 Å². The minimum absolute atomic E-state index is 0.0696. The number of nitrogen functional groups attached to an aromatic ring is 1. The lowest BCUT2D eigenvalue weighted by Crippen LogP contribution is -2.38. The second kappa shape index (κ2) is 6.58. The van der Waals surface area contributed by atoms with E-state index in [1.54, 1.807) is 0 Å². The summed E-state index contributed by atoms with van der Waals surface area (Å²) in [7, 11) is 0. The van der Waals surface area contributed by atoms with E-state index < -0.39 is 5.91 Å². The first-order chi connectivity index (χ1) is 8.50. The average molecular weight is 250 g/mol. The monoisotopic (exact) mass is 250 g/mol. The predicted octanol–water partition coefficient (Wildman–Crippen LogP) is 0.166. The third-order valence-corrected chi connectivity index (χ3v) is 2.22. The number of nitrogens with zero attached hydrogens (tertiary/aromatic N) is 1. The molecule has 98 valence electrons. The number of pyridine rings is 1. The van der Waals surface area contributed by atoms with Crippen LogP contribution in [0.4, 0.5) is 5.69 Å². The van der Waals surface area contributed by atoms with Crippen molar-refractivity contribution in [3.8, 4) is 0 Å². The molecule has 1 heterocycles. The minimum Gasteiger partial charge on any atom is -0.398 e. The molecular formula is C12H18N4O2. The van der Waals surface area contributed by atoms with Crippen molar-refractivity contribution in [3.63, 3.8) is 0 Å². The highest BCUT2D eigenvalue weighted by Gasteiger charge is 2.10. The molecule has 0 fully saturated rings. The Morgan fingerprint density at radius 3 is 2.72 bits per heavy atom. The SMILES string of the molecule is CC(C)CNC(=O)CNC(=O)c1cnccc1N. The number of anilines is 1. The van der Waals surface area contributed by atoms with Gasteiger partial charge in [-0.1, -0.05) is 13.8 Å². The molecule has 0 radical (unpaired) electrons. The van der Waals surface area contributed by atoms with Gasteiger partial charge in [-0.3, -0.25) is 14.6 Å². The Kier molecular flexibility index (Phi) is 5.10. The van der Waals surface area contributed by atoms with Gasteiger partial charge >= 0.3 is 0 Å². The van der Waals surface area contributed by atoms with Crippen LogP contribution in [0.15, 0.2) is 18.5 Å². The van der Waals surface area contributed by atoms with Gasteiger partial charge in [-0.2, -0.15) is 0 Å². The Bertz CT molecular complexity index is 432. The van der Waals surface area contributed by atoms with Crippen molar-refractivity contribution in [2.24, 2.45) is 5.92 Å². The van der Waals surface area contributed by atoms with E-state index in [1.807, 2.05) is 13.8 Å². The molecule has 0 aliphatic rings. The molecular weight excluding hydrogens is 232 g/mol. The first-order valence-corrected chi connectivity index (χ1v) is 5.75. The largest absolute Gasteiger partial charge is 0.398 e. The standard InChI is InChI=1S/C12H18N4O2/c1-8(2)5-15-11(17)7-16-12(18)9-6-14-4-3-10(9)13/h3-4,6,8H,5,7H2,1-2H3,(H2,13,14)(H,15,17)(H,16,18). The normalized spacial score (nSPS) is 10.2. The van der Waals surface area contributed by atoms with Crippen LogP contribution in [0.25, 0.3) is 0 Å². The maximum Gasteiger partial charge on any atom is 0.255 e. The van der Waals surface area contributed by atoms with Crippen LogP contribution in [0, 0.1) is 5.92 Å². The van der Waals surface area contributed by atoms with E-state index in [-0.39, 0.29) is 18.0 Å². The molecule has 18 heavy (non-hydrogen) atoms. The highest BCUT2D eigenvalue weighted by Crippen LogP contribution is 2.07. The molecule has 0 aliphatic carbocycles. The van der Waals surface area contributed by atoms with Gasteiger partial charge in [0.15, 0.2) is 0 Å². The Hall–Kier alpha value is -2.11. The van der Waals surface area contributed by atoms with Gasteiger partial charge in [0, 0.05) is 24.6 Å². The minimum atomic E-state index is -0.403. The summed E-state index contributed by atoms with van der Waals surface area (Å²) in [5.74, 6) is -0.251. The van der Waals surface area contributed by atoms with E-state index in [1.165, 1.54) is 18.5 Å². The smallest absolute Gasteiger partial charge is 0.255 e. The number of hydrogen-bond donors (Lipinski definition) is 3. The molecule has 6 heteroatoms. The summed E-state index contributed by atoms with van der Waals surface area (Å²) >= 11 is 0. The zero-order valence-electron chi connectivity index (χ0n) is 10.6. The number of nitrogens with one attached hydrogen (secondary N) is 2. The number of carbonyl (C=O) groups is 2. The van der Waals surface area contributed by atoms with Crippen molar-refractivity contribution in [1.82, 2.24) is 15.6 Å². The molecule has 0 saturated carbocycles. The molecule has 1 rings (SSSR count). The van der Waals surface area contributed by atoms with Crippen LogP contribution >= 0.6 is 0 Å². The second-order valence-electron chi connectivity index (χ2n) is 4.34. The summed E-state index contributed by atoms with van der Waals surface area (Å²) < 4.78 is 0. The van der Waals surface area contributed by atoms with Gasteiger partial charge < -0.3 is 16.4 Å². The molecule has 1 aromatic heterocycles. The van der Waals surface area contributed by atoms with Gasteiger partial charge in [-0.05, 0) is 12.0 Å². The maximum atomic E-state index is 11.7. The molecule has 1 aromatic rings. The molecule has 0 saturated heterocycles. The maximum absolute atomic E-state index is 11.7. The summed E-state index contributed by atoms with van der Waals surface area (Å²) in [5, 5.41) is 5.20. The number of rotatable bonds is 5. The first kappa shape index (κ1) is 14.0. The van der Waals surface area contributed by atoms with Gasteiger partial charge in [0.25, 0.3) is 5.91 Å². The second-order valence-corrected chi connectivity index (χ2v) is 4.34. The van der Waals surface area contributed by atoms with Crippen LogP contribution in [0.1, 0.15) is 24.2 Å². The molecule has 0 aromatic carbocycles. The van der Waals surface area contributed by atoms with Crippen LogP contribution in [0.2, 0.25) is 0 Å². The van der Waals surface area contributed by atoms with Gasteiger partial charge in [0.2, 0.25) is 5.91 Å². The van der Waals surface area contributed by atoms with Crippen LogP contribution < -0.4 is 16.4 Å². The molecule has 4 N–H and O–H groups in total. The van der Waals surface area contributed by atoms with Crippen molar-refractivity contribution in [2.75, 3.05) is 18.8 Å². The topological polar surface area (TPSA) is 97.1 Å². The highest BCUT2D eigenvalue weighted by atomic mass is 16.2. The van der Waals surface area contributed by atoms with Gasteiger partial charge in [-0.25, -0.2) is 0 Å². The lowest BCUT2D eigenvalue weighted by atomic mass is 10.2. The Labute approximate surface area is 106 Å². The Balaban J connectivity index is 2.42. The summed E-state index contributed by atoms with van der Waals surface area (Å²) in [6, 6.07) is 1.54. The fourth-order valence-corrected chi connectivity index (χ4v) is 1.23. The predicted molar refractivity (Wildman–Crippen MR) is 68.8 cm³/mol. The van der Waals surface area contributed by atoms with Crippen molar-refractivity contribution < 1.29 is 9.59 Å². The molecule has 0 bridgehead atoms. The number of nitrogens with two attached hydrogens (primary N) is 1. The summed E-state index contributed by atoms with van der Waals surface area (Å²) in [6.07, 6.45) is 2.87. The van der Waals surface area contributed by atoms with E-state index in [0.29, 0.717) is 18.2 Å². The van der Waals surface area contributed by atoms with E-state index in [4.69, 9.17) is 5.73 Å². The molecule has 6 nitrogen and oxygen atoms in total. The Morgan fingerprint density at radius 2 is 2.11 bits per heavy atom. The van der Waals surface area contributed by atoms with Crippen molar-refractivity contribution in [3.05, 3.63) is 24.0 Å². The number of amides is 2. The highest BCUT2D eigenvalue weighted by molar-refractivity contribution is 6.00. The van der Waals surface area contributed by atoms with E-state index in [0.717, 1.165) is 0 Å². The summed E-state index contributed by atoms with van der Waals surface area (Å²) in [5.41, 5.74) is 6.24. The van der Waals surface area contributed by atoms with E-state index in [9.17, 15) is 9.59 Å². The molecule has 2 amide bonds.